The molecule has 2 aromatic rings. The molecule has 3 rings (SSSR count). The Morgan fingerprint density at radius 2 is 2.21 bits per heavy atom. The molecule has 1 fully saturated rings. The lowest BCUT2D eigenvalue weighted by Crippen LogP contribution is -2.38. The van der Waals surface area contributed by atoms with Crippen LogP contribution in [0, 0.1) is 0 Å². The van der Waals surface area contributed by atoms with Gasteiger partial charge < -0.3 is 9.47 Å². The molecule has 0 aromatic carbocycles. The van der Waals surface area contributed by atoms with E-state index in [1.54, 1.807) is 7.11 Å². The Bertz CT molecular complexity index is 616. The van der Waals surface area contributed by atoms with Crippen LogP contribution in [0.15, 0.2) is 36.8 Å². The van der Waals surface area contributed by atoms with Crippen molar-refractivity contribution in [2.45, 2.75) is 31.5 Å². The summed E-state index contributed by atoms with van der Waals surface area (Å²) in [6.45, 7) is 3.16. The second-order valence-corrected chi connectivity index (χ2v) is 6.28. The van der Waals surface area contributed by atoms with Gasteiger partial charge in [0.15, 0.2) is 0 Å². The highest BCUT2D eigenvalue weighted by Crippen LogP contribution is 2.25. The quantitative estimate of drug-likeness (QED) is 0.689. The van der Waals surface area contributed by atoms with Gasteiger partial charge >= 0.3 is 0 Å². The summed E-state index contributed by atoms with van der Waals surface area (Å²) in [7, 11) is 3.66. The van der Waals surface area contributed by atoms with Crippen LogP contribution in [0.4, 0.5) is 0 Å². The van der Waals surface area contributed by atoms with Crippen LogP contribution in [-0.2, 0) is 29.5 Å². The number of nitrogens with zero attached hydrogens (tertiary/aromatic N) is 4. The number of rotatable bonds is 8. The predicted molar refractivity (Wildman–Crippen MR) is 91.6 cm³/mol. The predicted octanol–water partition coefficient (Wildman–Crippen LogP) is 1.66. The van der Waals surface area contributed by atoms with Crippen molar-refractivity contribution in [3.63, 3.8) is 0 Å². The normalized spacial score (nSPS) is 21.4. The van der Waals surface area contributed by atoms with Gasteiger partial charge in [-0.3, -0.25) is 14.6 Å². The molecule has 1 aliphatic rings. The summed E-state index contributed by atoms with van der Waals surface area (Å²) in [4.78, 5) is 6.95. The van der Waals surface area contributed by atoms with Gasteiger partial charge in [0.1, 0.15) is 0 Å². The zero-order chi connectivity index (χ0) is 16.8. The molecule has 130 valence electrons. The lowest BCUT2D eigenvalue weighted by molar-refractivity contribution is -0.00142. The van der Waals surface area contributed by atoms with E-state index in [2.05, 4.69) is 27.2 Å². The van der Waals surface area contributed by atoms with Crippen molar-refractivity contribution < 1.29 is 9.47 Å². The molecular weight excluding hydrogens is 304 g/mol. The van der Waals surface area contributed by atoms with Crippen molar-refractivity contribution >= 4 is 0 Å². The molecule has 3 heterocycles. The summed E-state index contributed by atoms with van der Waals surface area (Å²) < 4.78 is 13.1. The van der Waals surface area contributed by atoms with Gasteiger partial charge in [0.05, 0.1) is 31.2 Å². The Labute approximate surface area is 143 Å². The first-order valence-electron chi connectivity index (χ1n) is 8.48. The zero-order valence-electron chi connectivity index (χ0n) is 14.5. The number of methoxy groups -OCH3 is 1. The van der Waals surface area contributed by atoms with Crippen LogP contribution in [0.2, 0.25) is 0 Å². The van der Waals surface area contributed by atoms with Crippen LogP contribution in [0.3, 0.4) is 0 Å². The van der Waals surface area contributed by atoms with Gasteiger partial charge in [-0.25, -0.2) is 0 Å². The maximum atomic E-state index is 6.09. The van der Waals surface area contributed by atoms with Gasteiger partial charge in [0.25, 0.3) is 0 Å². The number of hydrogen-bond acceptors (Lipinski definition) is 5. The third kappa shape index (κ3) is 4.41. The number of ether oxygens (including phenoxy) is 2. The van der Waals surface area contributed by atoms with Crippen molar-refractivity contribution in [3.05, 3.63) is 48.0 Å². The fraction of sp³-hybridized carbons (Fsp3) is 0.556. The average molecular weight is 330 g/mol. The van der Waals surface area contributed by atoms with Crippen molar-refractivity contribution in [1.82, 2.24) is 19.7 Å². The highest BCUT2D eigenvalue weighted by molar-refractivity contribution is 5.10. The van der Waals surface area contributed by atoms with Crippen LogP contribution in [0.1, 0.15) is 17.7 Å². The van der Waals surface area contributed by atoms with Gasteiger partial charge in [-0.15, -0.1) is 0 Å². The summed E-state index contributed by atoms with van der Waals surface area (Å²) in [5, 5.41) is 4.29. The summed E-state index contributed by atoms with van der Waals surface area (Å²) >= 11 is 0. The van der Waals surface area contributed by atoms with Crippen molar-refractivity contribution in [1.29, 1.82) is 0 Å². The minimum atomic E-state index is 0.226. The van der Waals surface area contributed by atoms with Gasteiger partial charge in [0.2, 0.25) is 0 Å². The molecule has 0 N–H and O–H groups in total. The fourth-order valence-electron chi connectivity index (χ4n) is 3.34. The molecule has 0 spiro atoms. The number of likely N-dealkylation sites (tertiary alicyclic amines) is 1. The zero-order valence-corrected chi connectivity index (χ0v) is 14.5. The van der Waals surface area contributed by atoms with Gasteiger partial charge in [-0.1, -0.05) is 6.07 Å². The SMILES string of the molecule is COCCO[C@H]1CCN(Cc2ccccn2)[C@H]1Cc1cnn(C)c1. The topological polar surface area (TPSA) is 52.4 Å². The van der Waals surface area contributed by atoms with Crippen molar-refractivity contribution in [3.8, 4) is 0 Å². The second kappa shape index (κ2) is 8.37. The molecule has 0 amide bonds. The molecule has 2 aromatic heterocycles. The van der Waals surface area contributed by atoms with E-state index in [0.717, 1.165) is 31.6 Å². The van der Waals surface area contributed by atoms with E-state index in [1.807, 2.05) is 36.3 Å². The third-order valence-electron chi connectivity index (χ3n) is 4.51. The molecule has 0 bridgehead atoms. The van der Waals surface area contributed by atoms with E-state index >= 15 is 0 Å². The van der Waals surface area contributed by atoms with E-state index in [1.165, 1.54) is 5.56 Å². The first-order valence-corrected chi connectivity index (χ1v) is 8.48. The Hall–Kier alpha value is -1.76. The lowest BCUT2D eigenvalue weighted by Gasteiger charge is -2.27. The number of hydrogen-bond donors (Lipinski definition) is 0. The molecule has 24 heavy (non-hydrogen) atoms. The van der Waals surface area contributed by atoms with Crippen LogP contribution in [0.5, 0.6) is 0 Å². The summed E-state index contributed by atoms with van der Waals surface area (Å²) in [6, 6.07) is 6.42. The summed E-state index contributed by atoms with van der Waals surface area (Å²) in [5.41, 5.74) is 2.35. The molecule has 1 aliphatic heterocycles. The largest absolute Gasteiger partial charge is 0.382 e. The van der Waals surface area contributed by atoms with Crippen molar-refractivity contribution in [2.75, 3.05) is 26.9 Å². The minimum absolute atomic E-state index is 0.226. The molecule has 0 unspecified atom stereocenters. The van der Waals surface area contributed by atoms with Crippen molar-refractivity contribution in [2.24, 2.45) is 7.05 Å². The van der Waals surface area contributed by atoms with Gasteiger partial charge in [-0.2, -0.15) is 5.10 Å². The van der Waals surface area contributed by atoms with Crippen LogP contribution in [-0.4, -0.2) is 58.7 Å². The number of aryl methyl sites for hydroxylation is 1. The molecule has 0 aliphatic carbocycles. The number of aromatic nitrogens is 3. The first-order chi connectivity index (χ1) is 11.8. The highest BCUT2D eigenvalue weighted by atomic mass is 16.5. The van der Waals surface area contributed by atoms with Gasteiger partial charge in [0, 0.05) is 45.7 Å². The maximum absolute atomic E-state index is 6.09. The van der Waals surface area contributed by atoms with E-state index in [4.69, 9.17) is 9.47 Å². The second-order valence-electron chi connectivity index (χ2n) is 6.28. The first kappa shape index (κ1) is 17.1. The van der Waals surface area contributed by atoms with Crippen LogP contribution in [0.25, 0.3) is 0 Å². The lowest BCUT2D eigenvalue weighted by atomic mass is 10.0. The molecular formula is C18H26N4O2. The third-order valence-corrected chi connectivity index (χ3v) is 4.51. The molecule has 6 heteroatoms. The Kier molecular flexibility index (Phi) is 5.96. The molecule has 2 atom stereocenters. The average Bonchev–Trinajstić information content (AvgIpc) is 3.17. The fourth-order valence-corrected chi connectivity index (χ4v) is 3.34. The van der Waals surface area contributed by atoms with Gasteiger partial charge in [-0.05, 0) is 30.5 Å². The van der Waals surface area contributed by atoms with E-state index in [0.29, 0.717) is 19.3 Å². The van der Waals surface area contributed by atoms with E-state index in [-0.39, 0.29) is 6.10 Å². The standard InChI is InChI=1S/C18H26N4O2/c1-21-13-15(12-20-21)11-17-18(24-10-9-23-2)6-8-22(17)14-16-5-3-4-7-19-16/h3-5,7,12-13,17-18H,6,8-11,14H2,1-2H3/t17-,18-/m0/s1. The van der Waals surface area contributed by atoms with E-state index < -0.39 is 0 Å². The summed E-state index contributed by atoms with van der Waals surface area (Å²) in [5.74, 6) is 0. The maximum Gasteiger partial charge on any atom is 0.0747 e. The Morgan fingerprint density at radius 1 is 1.29 bits per heavy atom. The molecule has 0 radical (unpaired) electrons. The highest BCUT2D eigenvalue weighted by Gasteiger charge is 2.35. The van der Waals surface area contributed by atoms with E-state index in [9.17, 15) is 0 Å². The summed E-state index contributed by atoms with van der Waals surface area (Å²) in [6.07, 6.45) is 8.10. The Balaban J connectivity index is 1.68. The smallest absolute Gasteiger partial charge is 0.0747 e. The Morgan fingerprint density at radius 3 is 2.92 bits per heavy atom. The van der Waals surface area contributed by atoms with Crippen LogP contribution >= 0.6 is 0 Å². The monoisotopic (exact) mass is 330 g/mol. The molecule has 1 saturated heterocycles. The number of pyridine rings is 1. The molecule has 0 saturated carbocycles. The molecule has 6 nitrogen and oxygen atoms in total. The van der Waals surface area contributed by atoms with Crippen LogP contribution < -0.4 is 0 Å². The minimum Gasteiger partial charge on any atom is -0.382 e.